The summed E-state index contributed by atoms with van der Waals surface area (Å²) < 4.78 is 7.96. The highest BCUT2D eigenvalue weighted by Gasteiger charge is 2.18. The van der Waals surface area contributed by atoms with Crippen molar-refractivity contribution < 1.29 is 9.25 Å². The standard InChI is InChI=1S/C37H30N6O2/c1-24(43-41-14-16-45-43)17-28(21-38)26-9-11-32-33-12-10-27(29-18-30(23-39-22-29)37-40-13-15-44-37)20-36(33)42(35(32)19-26)34-8-4-6-25-5-2-3-7-31(25)34/h2-22,39,41H,23,38H2,1H3/b24-17+,28-21+. The van der Waals surface area contributed by atoms with Crippen LogP contribution in [0.15, 0.2) is 138 Å². The van der Waals surface area contributed by atoms with Gasteiger partial charge in [-0.2, -0.15) is 0 Å². The van der Waals surface area contributed by atoms with Crippen LogP contribution in [0, 0.1) is 0 Å². The number of hydrogen-bond acceptors (Lipinski definition) is 7. The number of aromatic nitrogens is 2. The highest BCUT2D eigenvalue weighted by atomic mass is 16.7. The molecule has 8 nitrogen and oxygen atoms in total. The molecule has 0 atom stereocenters. The molecule has 0 saturated heterocycles. The third-order valence-corrected chi connectivity index (χ3v) is 8.32. The number of oxazole rings is 1. The molecule has 0 unspecified atom stereocenters. The fourth-order valence-corrected chi connectivity index (χ4v) is 6.19. The van der Waals surface area contributed by atoms with Crippen LogP contribution in [0.4, 0.5) is 0 Å². The van der Waals surface area contributed by atoms with Crippen molar-refractivity contribution >= 4 is 49.3 Å². The first-order valence-electron chi connectivity index (χ1n) is 14.8. The molecular formula is C37H30N6O2. The highest BCUT2D eigenvalue weighted by Crippen LogP contribution is 2.38. The van der Waals surface area contributed by atoms with Crippen molar-refractivity contribution in [2.45, 2.75) is 6.92 Å². The van der Waals surface area contributed by atoms with Gasteiger partial charge in [-0.1, -0.05) is 60.7 Å². The molecule has 8 heteroatoms. The van der Waals surface area contributed by atoms with E-state index in [0.717, 1.165) is 55.7 Å². The quantitative estimate of drug-likeness (QED) is 0.174. The number of allylic oxidation sites excluding steroid dienone is 5. The predicted molar refractivity (Wildman–Crippen MR) is 180 cm³/mol. The topological polar surface area (TPSA) is 93.5 Å². The number of hydrogen-bond donors (Lipinski definition) is 3. The maximum absolute atomic E-state index is 6.21. The summed E-state index contributed by atoms with van der Waals surface area (Å²) in [6.07, 6.45) is 14.4. The van der Waals surface area contributed by atoms with Gasteiger partial charge in [0.25, 0.3) is 0 Å². The fraction of sp³-hybridized carbons (Fsp3) is 0.0541. The number of benzene rings is 4. The molecule has 8 rings (SSSR count). The van der Waals surface area contributed by atoms with E-state index in [2.05, 4.69) is 111 Å². The Bertz CT molecular complexity index is 2240. The number of rotatable bonds is 6. The van der Waals surface area contributed by atoms with Crippen LogP contribution in [0.25, 0.3) is 55.0 Å². The molecule has 0 spiro atoms. The Hall–Kier alpha value is -6.15. The number of fused-ring (bicyclic) bond motifs is 4. The summed E-state index contributed by atoms with van der Waals surface area (Å²) in [6, 6.07) is 28.2. The van der Waals surface area contributed by atoms with Crippen molar-refractivity contribution in [1.29, 1.82) is 0 Å². The van der Waals surface area contributed by atoms with Crippen molar-refractivity contribution in [3.05, 3.63) is 151 Å². The van der Waals surface area contributed by atoms with Gasteiger partial charge in [-0.05, 0) is 64.9 Å². The van der Waals surface area contributed by atoms with Crippen molar-refractivity contribution in [3.63, 3.8) is 0 Å². The number of nitrogens with two attached hydrogens (primary N) is 1. The summed E-state index contributed by atoms with van der Waals surface area (Å²) in [4.78, 5) is 9.85. The summed E-state index contributed by atoms with van der Waals surface area (Å²) in [5, 5.41) is 9.67. The van der Waals surface area contributed by atoms with Gasteiger partial charge >= 0.3 is 0 Å². The zero-order chi connectivity index (χ0) is 30.3. The number of hydroxylamine groups is 1. The molecule has 2 aliphatic heterocycles. The molecule has 4 N–H and O–H groups in total. The van der Waals surface area contributed by atoms with E-state index in [0.29, 0.717) is 12.4 Å². The van der Waals surface area contributed by atoms with E-state index in [9.17, 15) is 0 Å². The van der Waals surface area contributed by atoms with Crippen LogP contribution in [0.3, 0.4) is 0 Å². The van der Waals surface area contributed by atoms with E-state index < -0.39 is 0 Å². The molecule has 0 fully saturated rings. The molecule has 6 aromatic rings. The summed E-state index contributed by atoms with van der Waals surface area (Å²) in [6.45, 7) is 2.62. The molecule has 220 valence electrons. The lowest BCUT2D eigenvalue weighted by atomic mass is 9.99. The maximum Gasteiger partial charge on any atom is 0.223 e. The zero-order valence-corrected chi connectivity index (χ0v) is 24.6. The smallest absolute Gasteiger partial charge is 0.223 e. The van der Waals surface area contributed by atoms with E-state index in [4.69, 9.17) is 15.0 Å². The van der Waals surface area contributed by atoms with Crippen LogP contribution in [0.1, 0.15) is 23.9 Å². The molecule has 2 aromatic heterocycles. The molecule has 0 radical (unpaired) electrons. The second-order valence-corrected chi connectivity index (χ2v) is 11.0. The first kappa shape index (κ1) is 26.5. The lowest BCUT2D eigenvalue weighted by Gasteiger charge is -2.17. The van der Waals surface area contributed by atoms with Crippen LogP contribution in [0.2, 0.25) is 0 Å². The molecule has 0 amide bonds. The van der Waals surface area contributed by atoms with Gasteiger partial charge < -0.3 is 24.9 Å². The predicted octanol–water partition coefficient (Wildman–Crippen LogP) is 7.38. The van der Waals surface area contributed by atoms with E-state index in [-0.39, 0.29) is 0 Å². The summed E-state index contributed by atoms with van der Waals surface area (Å²) in [5.41, 5.74) is 18.5. The Morgan fingerprint density at radius 1 is 0.956 bits per heavy atom. The number of nitrogens with zero attached hydrogens (tertiary/aromatic N) is 3. The van der Waals surface area contributed by atoms with Gasteiger partial charge in [0.15, 0.2) is 0 Å². The Balaban J connectivity index is 1.34. The van der Waals surface area contributed by atoms with Crippen molar-refractivity contribution in [2.24, 2.45) is 5.73 Å². The van der Waals surface area contributed by atoms with E-state index in [1.165, 1.54) is 16.2 Å². The summed E-state index contributed by atoms with van der Waals surface area (Å²) >= 11 is 0. The third-order valence-electron chi connectivity index (χ3n) is 8.32. The monoisotopic (exact) mass is 590 g/mol. The normalized spacial score (nSPS) is 15.3. The Labute approximate surface area is 259 Å². The average molecular weight is 591 g/mol. The van der Waals surface area contributed by atoms with Crippen molar-refractivity contribution in [3.8, 4) is 5.69 Å². The minimum atomic E-state index is 0.628. The molecular weight excluding hydrogens is 560 g/mol. The molecule has 0 aliphatic carbocycles. The van der Waals surface area contributed by atoms with E-state index >= 15 is 0 Å². The number of dihydropyridines is 1. The number of nitrogens with one attached hydrogen (secondary N) is 2. The van der Waals surface area contributed by atoms with E-state index in [1.807, 2.05) is 13.0 Å². The van der Waals surface area contributed by atoms with Gasteiger partial charge in [0.2, 0.25) is 5.89 Å². The molecule has 45 heavy (non-hydrogen) atoms. The van der Waals surface area contributed by atoms with Crippen molar-refractivity contribution in [2.75, 3.05) is 6.54 Å². The first-order chi connectivity index (χ1) is 22.2. The largest absolute Gasteiger partial charge is 0.445 e. The lowest BCUT2D eigenvalue weighted by Crippen LogP contribution is -2.26. The van der Waals surface area contributed by atoms with Gasteiger partial charge in [0.1, 0.15) is 12.5 Å². The second kappa shape index (κ2) is 10.8. The van der Waals surface area contributed by atoms with Crippen LogP contribution in [-0.2, 0) is 4.84 Å². The van der Waals surface area contributed by atoms with Gasteiger partial charge in [-0.15, -0.1) is 5.17 Å². The second-order valence-electron chi connectivity index (χ2n) is 11.0. The highest BCUT2D eigenvalue weighted by molar-refractivity contribution is 6.12. The summed E-state index contributed by atoms with van der Waals surface area (Å²) in [5.74, 6) is 0.628. The molecule has 0 saturated carbocycles. The average Bonchev–Trinajstić information content (AvgIpc) is 3.88. The molecule has 4 aromatic carbocycles. The van der Waals surface area contributed by atoms with Gasteiger partial charge in [0, 0.05) is 40.7 Å². The zero-order valence-electron chi connectivity index (χ0n) is 24.6. The van der Waals surface area contributed by atoms with Gasteiger partial charge in [-0.25, -0.2) is 4.98 Å². The van der Waals surface area contributed by atoms with Crippen LogP contribution in [-0.4, -0.2) is 21.3 Å². The maximum atomic E-state index is 6.21. The fourth-order valence-electron chi connectivity index (χ4n) is 6.19. The molecule has 2 aliphatic rings. The van der Waals surface area contributed by atoms with E-state index in [1.54, 1.807) is 36.3 Å². The minimum Gasteiger partial charge on any atom is -0.445 e. The van der Waals surface area contributed by atoms with Crippen molar-refractivity contribution in [1.82, 2.24) is 25.5 Å². The SMILES string of the molecule is C/C(=C\C(=C/N)c1ccc2c3ccc(C4=CNCC(c5ncco5)=C4)cc3n(-c3cccc4ccccc34)c2c1)N1NC=CO1. The Kier molecular flexibility index (Phi) is 6.38. The number of hydrazine groups is 1. The molecule has 4 heterocycles. The van der Waals surface area contributed by atoms with Crippen LogP contribution >= 0.6 is 0 Å². The molecule has 0 bridgehead atoms. The lowest BCUT2D eigenvalue weighted by molar-refractivity contribution is -0.0779. The first-order valence-corrected chi connectivity index (χ1v) is 14.8. The van der Waals surface area contributed by atoms with Crippen LogP contribution < -0.4 is 16.5 Å². The Morgan fingerprint density at radius 3 is 2.62 bits per heavy atom. The van der Waals surface area contributed by atoms with Gasteiger partial charge in [0.05, 0.1) is 34.8 Å². The van der Waals surface area contributed by atoms with Gasteiger partial charge in [-0.3, -0.25) is 5.43 Å². The minimum absolute atomic E-state index is 0.628. The van der Waals surface area contributed by atoms with Crippen LogP contribution in [0.5, 0.6) is 0 Å². The third kappa shape index (κ3) is 4.60. The summed E-state index contributed by atoms with van der Waals surface area (Å²) in [7, 11) is 0. The Morgan fingerprint density at radius 2 is 1.80 bits per heavy atom.